The second kappa shape index (κ2) is 3.46. The van der Waals surface area contributed by atoms with Crippen LogP contribution < -0.4 is 0 Å². The molecule has 1 aliphatic rings. The Hall–Kier alpha value is -0.900. The van der Waals surface area contributed by atoms with Crippen LogP contribution in [-0.4, -0.2) is 26.4 Å². The third kappa shape index (κ3) is 2.28. The number of aliphatic hydroxyl groups is 1. The number of nitrogens with zero attached hydrogens (tertiary/aromatic N) is 2. The highest BCUT2D eigenvalue weighted by Gasteiger charge is 2.27. The Balaban J connectivity index is 1.89. The highest BCUT2D eigenvalue weighted by Crippen LogP contribution is 2.37. The minimum absolute atomic E-state index is 0.255. The van der Waals surface area contributed by atoms with E-state index < -0.39 is 0 Å². The number of aromatic amines is 1. The van der Waals surface area contributed by atoms with E-state index in [-0.39, 0.29) is 6.10 Å². The molecular weight excluding hydrogens is 166 g/mol. The number of H-pyrrole nitrogens is 1. The summed E-state index contributed by atoms with van der Waals surface area (Å²) < 4.78 is 0. The molecule has 1 aromatic heterocycles. The molecule has 0 amide bonds. The Labute approximate surface area is 77.4 Å². The zero-order chi connectivity index (χ0) is 9.26. The van der Waals surface area contributed by atoms with Crippen LogP contribution in [-0.2, 0) is 6.42 Å². The second-order valence-corrected chi connectivity index (χ2v) is 3.80. The first-order valence-electron chi connectivity index (χ1n) is 4.85. The minimum Gasteiger partial charge on any atom is -0.393 e. The molecule has 0 aromatic carbocycles. The zero-order valence-corrected chi connectivity index (χ0v) is 7.82. The van der Waals surface area contributed by atoms with Gasteiger partial charge >= 0.3 is 0 Å². The molecule has 1 fully saturated rings. The van der Waals surface area contributed by atoms with Gasteiger partial charge in [-0.15, -0.1) is 0 Å². The van der Waals surface area contributed by atoms with Crippen molar-refractivity contribution in [2.75, 3.05) is 0 Å². The molecule has 0 spiro atoms. The molecule has 2 N–H and O–H groups in total. The highest BCUT2D eigenvalue weighted by atomic mass is 16.3. The van der Waals surface area contributed by atoms with Crippen molar-refractivity contribution in [1.82, 2.24) is 15.2 Å². The predicted molar refractivity (Wildman–Crippen MR) is 48.4 cm³/mol. The van der Waals surface area contributed by atoms with Crippen molar-refractivity contribution in [3.05, 3.63) is 11.6 Å². The summed E-state index contributed by atoms with van der Waals surface area (Å²) in [6.45, 7) is 1.79. The third-order valence-corrected chi connectivity index (χ3v) is 2.29. The summed E-state index contributed by atoms with van der Waals surface area (Å²) in [6.07, 6.45) is 3.74. The molecule has 1 heterocycles. The maximum absolute atomic E-state index is 9.08. The number of aliphatic hydroxyl groups excluding tert-OH is 1. The van der Waals surface area contributed by atoms with Crippen LogP contribution in [0.4, 0.5) is 0 Å². The number of rotatable bonds is 4. The Morgan fingerprint density at radius 3 is 3.00 bits per heavy atom. The van der Waals surface area contributed by atoms with Crippen molar-refractivity contribution in [3.8, 4) is 0 Å². The largest absolute Gasteiger partial charge is 0.393 e. The van der Waals surface area contributed by atoms with Gasteiger partial charge in [0, 0.05) is 12.3 Å². The standard InChI is InChI=1S/C9H15N3O/c1-6(13)2-5-8-10-9(12-11-8)7-3-4-7/h6-7,13H,2-5H2,1H3,(H,10,11,12). The van der Waals surface area contributed by atoms with E-state index in [0.717, 1.165) is 24.5 Å². The molecule has 0 radical (unpaired) electrons. The predicted octanol–water partition coefficient (Wildman–Crippen LogP) is 0.995. The first-order valence-corrected chi connectivity index (χ1v) is 4.85. The van der Waals surface area contributed by atoms with Crippen LogP contribution in [0.25, 0.3) is 0 Å². The fourth-order valence-corrected chi connectivity index (χ4v) is 1.29. The zero-order valence-electron chi connectivity index (χ0n) is 7.82. The highest BCUT2D eigenvalue weighted by molar-refractivity contribution is 5.04. The van der Waals surface area contributed by atoms with Gasteiger partial charge in [-0.2, -0.15) is 5.10 Å². The lowest BCUT2D eigenvalue weighted by molar-refractivity contribution is 0.184. The van der Waals surface area contributed by atoms with E-state index in [1.807, 2.05) is 0 Å². The first-order chi connectivity index (χ1) is 6.25. The van der Waals surface area contributed by atoms with Gasteiger partial charge in [-0.1, -0.05) is 0 Å². The monoisotopic (exact) mass is 181 g/mol. The third-order valence-electron chi connectivity index (χ3n) is 2.29. The van der Waals surface area contributed by atoms with E-state index in [1.54, 1.807) is 6.92 Å². The molecular formula is C9H15N3O. The van der Waals surface area contributed by atoms with E-state index >= 15 is 0 Å². The summed E-state index contributed by atoms with van der Waals surface area (Å²) in [5, 5.41) is 16.1. The van der Waals surface area contributed by atoms with Crippen LogP contribution in [0.3, 0.4) is 0 Å². The van der Waals surface area contributed by atoms with Gasteiger partial charge in [-0.25, -0.2) is 4.98 Å². The van der Waals surface area contributed by atoms with Gasteiger partial charge in [-0.3, -0.25) is 5.10 Å². The van der Waals surface area contributed by atoms with E-state index in [0.29, 0.717) is 5.92 Å². The van der Waals surface area contributed by atoms with Crippen LogP contribution in [0.2, 0.25) is 0 Å². The Morgan fingerprint density at radius 1 is 1.62 bits per heavy atom. The second-order valence-electron chi connectivity index (χ2n) is 3.80. The fraction of sp³-hybridized carbons (Fsp3) is 0.778. The van der Waals surface area contributed by atoms with Crippen molar-refractivity contribution >= 4 is 0 Å². The molecule has 1 aromatic rings. The smallest absolute Gasteiger partial charge is 0.153 e. The van der Waals surface area contributed by atoms with Gasteiger partial charge < -0.3 is 5.11 Å². The molecule has 1 atom stereocenters. The van der Waals surface area contributed by atoms with Crippen LogP contribution >= 0.6 is 0 Å². The summed E-state index contributed by atoms with van der Waals surface area (Å²) in [5.41, 5.74) is 0. The number of aromatic nitrogens is 3. The van der Waals surface area contributed by atoms with E-state index in [4.69, 9.17) is 5.11 Å². The van der Waals surface area contributed by atoms with Crippen molar-refractivity contribution in [2.24, 2.45) is 0 Å². The molecule has 1 aliphatic carbocycles. The Morgan fingerprint density at radius 2 is 2.38 bits per heavy atom. The summed E-state index contributed by atoms with van der Waals surface area (Å²) in [4.78, 5) is 4.37. The SMILES string of the molecule is CC(O)CCc1nc(C2CC2)n[nH]1. The molecule has 72 valence electrons. The average molecular weight is 181 g/mol. The summed E-state index contributed by atoms with van der Waals surface area (Å²) in [7, 11) is 0. The summed E-state index contributed by atoms with van der Waals surface area (Å²) in [5.74, 6) is 2.47. The maximum Gasteiger partial charge on any atom is 0.153 e. The van der Waals surface area contributed by atoms with Gasteiger partial charge in [0.1, 0.15) is 5.82 Å². The number of hydrogen-bond donors (Lipinski definition) is 2. The number of aryl methyl sites for hydroxylation is 1. The van der Waals surface area contributed by atoms with Crippen LogP contribution in [0.1, 0.15) is 43.8 Å². The molecule has 2 rings (SSSR count). The van der Waals surface area contributed by atoms with Crippen LogP contribution in [0.5, 0.6) is 0 Å². The minimum atomic E-state index is -0.255. The van der Waals surface area contributed by atoms with E-state index in [1.165, 1.54) is 12.8 Å². The van der Waals surface area contributed by atoms with Crippen molar-refractivity contribution in [2.45, 2.75) is 44.6 Å². The summed E-state index contributed by atoms with van der Waals surface area (Å²) >= 11 is 0. The molecule has 4 heteroatoms. The number of nitrogens with one attached hydrogen (secondary N) is 1. The molecule has 0 aliphatic heterocycles. The van der Waals surface area contributed by atoms with Gasteiger partial charge in [0.05, 0.1) is 6.10 Å². The normalized spacial score (nSPS) is 18.9. The first kappa shape index (κ1) is 8.69. The van der Waals surface area contributed by atoms with E-state index in [2.05, 4.69) is 15.2 Å². The lowest BCUT2D eigenvalue weighted by atomic mass is 10.2. The molecule has 1 saturated carbocycles. The van der Waals surface area contributed by atoms with Crippen LogP contribution in [0.15, 0.2) is 0 Å². The van der Waals surface area contributed by atoms with Gasteiger partial charge in [0.15, 0.2) is 5.82 Å². The van der Waals surface area contributed by atoms with E-state index in [9.17, 15) is 0 Å². The molecule has 4 nitrogen and oxygen atoms in total. The van der Waals surface area contributed by atoms with Crippen molar-refractivity contribution < 1.29 is 5.11 Å². The van der Waals surface area contributed by atoms with Crippen LogP contribution in [0, 0.1) is 0 Å². The maximum atomic E-state index is 9.08. The van der Waals surface area contributed by atoms with Gasteiger partial charge in [0.25, 0.3) is 0 Å². The Kier molecular flexibility index (Phi) is 2.31. The molecule has 1 unspecified atom stereocenters. The fourth-order valence-electron chi connectivity index (χ4n) is 1.29. The number of hydrogen-bond acceptors (Lipinski definition) is 3. The molecule has 0 bridgehead atoms. The quantitative estimate of drug-likeness (QED) is 0.728. The lowest BCUT2D eigenvalue weighted by Crippen LogP contribution is -2.02. The van der Waals surface area contributed by atoms with Crippen molar-refractivity contribution in [1.29, 1.82) is 0 Å². The molecule has 13 heavy (non-hydrogen) atoms. The average Bonchev–Trinajstić information content (AvgIpc) is 2.83. The van der Waals surface area contributed by atoms with Crippen molar-refractivity contribution in [3.63, 3.8) is 0 Å². The topological polar surface area (TPSA) is 61.8 Å². The molecule has 0 saturated heterocycles. The van der Waals surface area contributed by atoms with Gasteiger partial charge in [0.2, 0.25) is 0 Å². The Bertz CT molecular complexity index is 278. The summed E-state index contributed by atoms with van der Waals surface area (Å²) in [6, 6.07) is 0. The van der Waals surface area contributed by atoms with Gasteiger partial charge in [-0.05, 0) is 26.2 Å². The lowest BCUT2D eigenvalue weighted by Gasteiger charge is -1.99.